The van der Waals surface area contributed by atoms with E-state index in [1.54, 1.807) is 13.1 Å². The van der Waals surface area contributed by atoms with Gasteiger partial charge in [-0.05, 0) is 6.92 Å². The lowest BCUT2D eigenvalue weighted by molar-refractivity contribution is -0.144. The molecule has 1 atom stereocenters. The lowest BCUT2D eigenvalue weighted by atomic mass is 10.2. The zero-order chi connectivity index (χ0) is 13.7. The van der Waals surface area contributed by atoms with Gasteiger partial charge in [-0.1, -0.05) is 0 Å². The Morgan fingerprint density at radius 2 is 2.42 bits per heavy atom. The van der Waals surface area contributed by atoms with Crippen LogP contribution in [0.15, 0.2) is 12.4 Å². The minimum atomic E-state index is -0.380. The highest BCUT2D eigenvalue weighted by atomic mass is 16.5. The topological polar surface area (TPSA) is 76.6 Å². The van der Waals surface area contributed by atoms with E-state index in [4.69, 9.17) is 9.47 Å². The molecule has 1 aliphatic rings. The molecule has 7 nitrogen and oxygen atoms in total. The fourth-order valence-electron chi connectivity index (χ4n) is 2.00. The summed E-state index contributed by atoms with van der Waals surface area (Å²) in [6, 6.07) is -0.380. The van der Waals surface area contributed by atoms with Gasteiger partial charge in [0.15, 0.2) is 5.82 Å². The predicted molar refractivity (Wildman–Crippen MR) is 69.2 cm³/mol. The van der Waals surface area contributed by atoms with Gasteiger partial charge in [0, 0.05) is 19.6 Å². The fraction of sp³-hybridized carbons (Fsp3) is 0.583. The van der Waals surface area contributed by atoms with Crippen molar-refractivity contribution in [1.29, 1.82) is 0 Å². The van der Waals surface area contributed by atoms with Crippen molar-refractivity contribution in [3.8, 4) is 5.88 Å². The van der Waals surface area contributed by atoms with E-state index in [9.17, 15) is 4.79 Å². The number of methoxy groups -OCH3 is 1. The van der Waals surface area contributed by atoms with Crippen molar-refractivity contribution >= 4 is 11.8 Å². The van der Waals surface area contributed by atoms with Crippen molar-refractivity contribution in [2.24, 2.45) is 0 Å². The van der Waals surface area contributed by atoms with E-state index >= 15 is 0 Å². The molecule has 1 aliphatic heterocycles. The molecule has 19 heavy (non-hydrogen) atoms. The van der Waals surface area contributed by atoms with Gasteiger partial charge in [-0.3, -0.25) is 4.98 Å². The number of hydrogen-bond acceptors (Lipinski definition) is 7. The monoisotopic (exact) mass is 266 g/mol. The van der Waals surface area contributed by atoms with Gasteiger partial charge < -0.3 is 19.7 Å². The molecule has 1 fully saturated rings. The Morgan fingerprint density at radius 3 is 3.16 bits per heavy atom. The molecule has 0 aliphatic carbocycles. The molecule has 0 radical (unpaired) electrons. The van der Waals surface area contributed by atoms with E-state index in [0.717, 1.165) is 6.54 Å². The second kappa shape index (κ2) is 6.33. The minimum absolute atomic E-state index is 0.251. The molecular weight excluding hydrogens is 248 g/mol. The summed E-state index contributed by atoms with van der Waals surface area (Å²) in [5.41, 5.74) is 0. The molecule has 1 saturated heterocycles. The zero-order valence-corrected chi connectivity index (χ0v) is 11.1. The van der Waals surface area contributed by atoms with E-state index < -0.39 is 0 Å². The summed E-state index contributed by atoms with van der Waals surface area (Å²) in [5.74, 6) is 0.803. The molecule has 0 bridgehead atoms. The van der Waals surface area contributed by atoms with Gasteiger partial charge in [-0.25, -0.2) is 4.79 Å². The molecule has 7 heteroatoms. The molecule has 0 amide bonds. The average molecular weight is 266 g/mol. The highest BCUT2D eigenvalue weighted by Gasteiger charge is 2.31. The number of ether oxygens (including phenoxy) is 2. The van der Waals surface area contributed by atoms with E-state index in [1.165, 1.54) is 13.3 Å². The maximum atomic E-state index is 12.0. The molecule has 104 valence electrons. The van der Waals surface area contributed by atoms with Gasteiger partial charge in [-0.15, -0.1) is 0 Å². The van der Waals surface area contributed by atoms with Crippen molar-refractivity contribution in [3.05, 3.63) is 12.4 Å². The molecule has 1 aromatic heterocycles. The summed E-state index contributed by atoms with van der Waals surface area (Å²) in [5, 5.41) is 3.18. The van der Waals surface area contributed by atoms with Gasteiger partial charge in [-0.2, -0.15) is 4.98 Å². The van der Waals surface area contributed by atoms with Gasteiger partial charge in [0.1, 0.15) is 6.04 Å². The van der Waals surface area contributed by atoms with E-state index in [2.05, 4.69) is 15.3 Å². The number of esters is 1. The van der Waals surface area contributed by atoms with Gasteiger partial charge in [0.25, 0.3) is 0 Å². The molecule has 1 unspecified atom stereocenters. The van der Waals surface area contributed by atoms with Gasteiger partial charge in [0.2, 0.25) is 5.88 Å². The van der Waals surface area contributed by atoms with Crippen LogP contribution in [-0.4, -0.2) is 55.3 Å². The largest absolute Gasteiger partial charge is 0.480 e. The maximum Gasteiger partial charge on any atom is 0.330 e. The molecule has 0 aromatic carbocycles. The summed E-state index contributed by atoms with van der Waals surface area (Å²) in [7, 11) is 1.54. The normalized spacial score (nSPS) is 19.1. The molecule has 2 heterocycles. The summed E-state index contributed by atoms with van der Waals surface area (Å²) >= 11 is 0. The second-order valence-electron chi connectivity index (χ2n) is 4.08. The molecular formula is C12H18N4O3. The fourth-order valence-corrected chi connectivity index (χ4v) is 2.00. The Kier molecular flexibility index (Phi) is 4.51. The van der Waals surface area contributed by atoms with Crippen molar-refractivity contribution in [1.82, 2.24) is 15.3 Å². The number of piperazine rings is 1. The van der Waals surface area contributed by atoms with Crippen molar-refractivity contribution in [2.45, 2.75) is 13.0 Å². The van der Waals surface area contributed by atoms with Crippen LogP contribution >= 0.6 is 0 Å². The second-order valence-corrected chi connectivity index (χ2v) is 4.08. The first-order valence-electron chi connectivity index (χ1n) is 6.26. The number of nitrogens with zero attached hydrogens (tertiary/aromatic N) is 3. The van der Waals surface area contributed by atoms with Crippen LogP contribution in [0, 0.1) is 0 Å². The summed E-state index contributed by atoms with van der Waals surface area (Å²) in [6.45, 7) is 4.16. The quantitative estimate of drug-likeness (QED) is 0.758. The third-order valence-electron chi connectivity index (χ3n) is 2.91. The van der Waals surface area contributed by atoms with Crippen molar-refractivity contribution in [2.75, 3.05) is 38.3 Å². The smallest absolute Gasteiger partial charge is 0.330 e. The van der Waals surface area contributed by atoms with Gasteiger partial charge >= 0.3 is 5.97 Å². The minimum Gasteiger partial charge on any atom is -0.480 e. The first-order valence-corrected chi connectivity index (χ1v) is 6.26. The Morgan fingerprint density at radius 1 is 1.58 bits per heavy atom. The molecule has 0 saturated carbocycles. The number of carbonyl (C=O) groups is 1. The standard InChI is InChI=1S/C12H18N4O3/c1-3-19-12(17)9-6-13-4-5-16(9)10-7-14-8-11(15-10)18-2/h7-9,13H,3-6H2,1-2H3. The lowest BCUT2D eigenvalue weighted by Gasteiger charge is -2.35. The number of carbonyl (C=O) groups excluding carboxylic acids is 1. The maximum absolute atomic E-state index is 12.0. The predicted octanol–water partition coefficient (Wildman–Crippen LogP) is -0.173. The van der Waals surface area contributed by atoms with E-state index in [-0.39, 0.29) is 12.0 Å². The number of hydrogen-bond donors (Lipinski definition) is 1. The Bertz CT molecular complexity index is 441. The Labute approximate surface area is 111 Å². The summed E-state index contributed by atoms with van der Waals surface area (Å²) in [6.07, 6.45) is 3.16. The first kappa shape index (κ1) is 13.5. The molecule has 1 aromatic rings. The zero-order valence-electron chi connectivity index (χ0n) is 11.1. The number of rotatable bonds is 4. The summed E-state index contributed by atoms with van der Waals surface area (Å²) in [4.78, 5) is 22.2. The highest BCUT2D eigenvalue weighted by Crippen LogP contribution is 2.18. The Balaban J connectivity index is 2.20. The van der Waals surface area contributed by atoms with E-state index in [0.29, 0.717) is 31.4 Å². The molecule has 2 rings (SSSR count). The van der Waals surface area contributed by atoms with Crippen molar-refractivity contribution in [3.63, 3.8) is 0 Å². The highest BCUT2D eigenvalue weighted by molar-refractivity contribution is 5.80. The average Bonchev–Trinajstić information content (AvgIpc) is 2.47. The first-order chi connectivity index (χ1) is 9.26. The van der Waals surface area contributed by atoms with Crippen LogP contribution in [0.3, 0.4) is 0 Å². The number of anilines is 1. The van der Waals surface area contributed by atoms with Crippen LogP contribution in [-0.2, 0) is 9.53 Å². The number of nitrogens with one attached hydrogen (secondary N) is 1. The van der Waals surface area contributed by atoms with Crippen LogP contribution in [0.1, 0.15) is 6.92 Å². The third kappa shape index (κ3) is 3.11. The van der Waals surface area contributed by atoms with Crippen molar-refractivity contribution < 1.29 is 14.3 Å². The van der Waals surface area contributed by atoms with Crippen LogP contribution < -0.4 is 15.0 Å². The van der Waals surface area contributed by atoms with Crippen LogP contribution in [0.2, 0.25) is 0 Å². The van der Waals surface area contributed by atoms with Crippen LogP contribution in [0.25, 0.3) is 0 Å². The van der Waals surface area contributed by atoms with Crippen LogP contribution in [0.4, 0.5) is 5.82 Å². The lowest BCUT2D eigenvalue weighted by Crippen LogP contribution is -2.56. The number of aromatic nitrogens is 2. The van der Waals surface area contributed by atoms with Crippen LogP contribution in [0.5, 0.6) is 5.88 Å². The third-order valence-corrected chi connectivity index (χ3v) is 2.91. The molecule has 0 spiro atoms. The SMILES string of the molecule is CCOC(=O)C1CNCCN1c1cncc(OC)n1. The van der Waals surface area contributed by atoms with E-state index in [1.807, 2.05) is 4.90 Å². The molecule has 1 N–H and O–H groups in total. The Hall–Kier alpha value is -1.89. The summed E-state index contributed by atoms with van der Waals surface area (Å²) < 4.78 is 10.1. The van der Waals surface area contributed by atoms with Gasteiger partial charge in [0.05, 0.1) is 26.1 Å².